The molecular weight excluding hydrogens is 306 g/mol. The van der Waals surface area contributed by atoms with E-state index >= 15 is 0 Å². The number of hydrogen-bond acceptors (Lipinski definition) is 3. The van der Waals surface area contributed by atoms with Crippen LogP contribution in [-0.2, 0) is 9.59 Å². The Labute approximate surface area is 143 Å². The third-order valence-electron chi connectivity index (χ3n) is 4.50. The molecule has 1 amide bonds. The highest BCUT2D eigenvalue weighted by Gasteiger charge is 2.31. The molecule has 5 heteroatoms. The summed E-state index contributed by atoms with van der Waals surface area (Å²) in [5, 5.41) is 12.2. The molecular formula is C19H27NO4. The summed E-state index contributed by atoms with van der Waals surface area (Å²) in [4.78, 5) is 23.6. The van der Waals surface area contributed by atoms with Gasteiger partial charge in [-0.25, -0.2) is 0 Å². The Hall–Kier alpha value is -2.04. The number of rotatable bonds is 6. The van der Waals surface area contributed by atoms with Crippen LogP contribution in [0.3, 0.4) is 0 Å². The van der Waals surface area contributed by atoms with Crippen LogP contribution < -0.4 is 10.1 Å². The predicted octanol–water partition coefficient (Wildman–Crippen LogP) is 3.54. The van der Waals surface area contributed by atoms with E-state index in [4.69, 9.17) is 9.84 Å². The number of amides is 1. The Bertz CT molecular complexity index is 567. The minimum Gasteiger partial charge on any atom is -0.491 e. The maximum Gasteiger partial charge on any atom is 0.306 e. The topological polar surface area (TPSA) is 75.6 Å². The second kappa shape index (κ2) is 8.18. The first-order valence-corrected chi connectivity index (χ1v) is 8.66. The lowest BCUT2D eigenvalue weighted by Crippen LogP contribution is -2.36. The van der Waals surface area contributed by atoms with Crippen LogP contribution >= 0.6 is 0 Å². The van der Waals surface area contributed by atoms with Gasteiger partial charge in [0.1, 0.15) is 5.75 Å². The molecule has 3 atom stereocenters. The molecule has 1 aromatic rings. The van der Waals surface area contributed by atoms with E-state index in [-0.39, 0.29) is 24.0 Å². The van der Waals surface area contributed by atoms with Crippen LogP contribution in [0.25, 0.3) is 0 Å². The van der Waals surface area contributed by atoms with Gasteiger partial charge in [-0.15, -0.1) is 0 Å². The first-order valence-electron chi connectivity index (χ1n) is 8.66. The SMILES string of the molecule is CC(C)Oc1ccc(C(C)NC(=O)C2CCCC(C(=O)O)C2)cc1. The number of carboxylic acid groups (broad SMARTS) is 1. The summed E-state index contributed by atoms with van der Waals surface area (Å²) in [6.07, 6.45) is 2.80. The largest absolute Gasteiger partial charge is 0.491 e. The fraction of sp³-hybridized carbons (Fsp3) is 0.579. The Morgan fingerprint density at radius 3 is 2.33 bits per heavy atom. The number of carbonyl (C=O) groups is 2. The standard InChI is InChI=1S/C19H27NO4/c1-12(2)24-17-9-7-14(8-10-17)13(3)20-18(21)15-5-4-6-16(11-15)19(22)23/h7-10,12-13,15-16H,4-6,11H2,1-3H3,(H,20,21)(H,22,23). The number of aliphatic carboxylic acids is 1. The molecule has 24 heavy (non-hydrogen) atoms. The molecule has 1 saturated carbocycles. The first kappa shape index (κ1) is 18.3. The average Bonchev–Trinajstić information content (AvgIpc) is 2.55. The highest BCUT2D eigenvalue weighted by molar-refractivity contribution is 5.80. The summed E-state index contributed by atoms with van der Waals surface area (Å²) in [7, 11) is 0. The number of benzene rings is 1. The molecule has 0 aromatic heterocycles. The first-order chi connectivity index (χ1) is 11.4. The summed E-state index contributed by atoms with van der Waals surface area (Å²) < 4.78 is 5.62. The van der Waals surface area contributed by atoms with Crippen molar-refractivity contribution >= 4 is 11.9 Å². The van der Waals surface area contributed by atoms with Gasteiger partial charge in [-0.05, 0) is 57.7 Å². The van der Waals surface area contributed by atoms with Crippen LogP contribution in [0.2, 0.25) is 0 Å². The fourth-order valence-corrected chi connectivity index (χ4v) is 3.17. The molecule has 5 nitrogen and oxygen atoms in total. The molecule has 2 N–H and O–H groups in total. The Balaban J connectivity index is 1.92. The fourth-order valence-electron chi connectivity index (χ4n) is 3.17. The molecule has 1 aliphatic carbocycles. The smallest absolute Gasteiger partial charge is 0.306 e. The van der Waals surface area contributed by atoms with E-state index in [1.165, 1.54) is 0 Å². The minimum atomic E-state index is -0.790. The number of carbonyl (C=O) groups excluding carboxylic acids is 1. The average molecular weight is 333 g/mol. The lowest BCUT2D eigenvalue weighted by atomic mass is 9.81. The molecule has 1 fully saturated rings. The molecule has 132 valence electrons. The summed E-state index contributed by atoms with van der Waals surface area (Å²) in [6.45, 7) is 5.89. The molecule has 0 aliphatic heterocycles. The normalized spacial score (nSPS) is 22.0. The van der Waals surface area contributed by atoms with Gasteiger partial charge < -0.3 is 15.2 Å². The quantitative estimate of drug-likeness (QED) is 0.835. The molecule has 1 aliphatic rings. The van der Waals surface area contributed by atoms with Gasteiger partial charge in [-0.1, -0.05) is 18.6 Å². The van der Waals surface area contributed by atoms with Crippen LogP contribution in [0, 0.1) is 11.8 Å². The summed E-state index contributed by atoms with van der Waals surface area (Å²) >= 11 is 0. The van der Waals surface area contributed by atoms with Gasteiger partial charge in [-0.3, -0.25) is 9.59 Å². The summed E-state index contributed by atoms with van der Waals surface area (Å²) in [5.41, 5.74) is 1.00. The van der Waals surface area contributed by atoms with Crippen molar-refractivity contribution in [3.05, 3.63) is 29.8 Å². The molecule has 0 bridgehead atoms. The van der Waals surface area contributed by atoms with E-state index in [1.807, 2.05) is 45.0 Å². The Morgan fingerprint density at radius 2 is 1.75 bits per heavy atom. The molecule has 0 radical (unpaired) electrons. The van der Waals surface area contributed by atoms with E-state index in [2.05, 4.69) is 5.32 Å². The van der Waals surface area contributed by atoms with E-state index in [9.17, 15) is 9.59 Å². The van der Waals surface area contributed by atoms with Crippen LogP contribution in [0.5, 0.6) is 5.75 Å². The molecule has 1 aromatic carbocycles. The van der Waals surface area contributed by atoms with E-state index in [1.54, 1.807) is 0 Å². The van der Waals surface area contributed by atoms with Crippen LogP contribution in [0.4, 0.5) is 0 Å². The molecule has 0 heterocycles. The van der Waals surface area contributed by atoms with Gasteiger partial charge in [0.2, 0.25) is 5.91 Å². The minimum absolute atomic E-state index is 0.0454. The number of hydrogen-bond donors (Lipinski definition) is 2. The van der Waals surface area contributed by atoms with Crippen molar-refractivity contribution in [2.45, 2.75) is 58.6 Å². The van der Waals surface area contributed by atoms with Crippen LogP contribution in [0.15, 0.2) is 24.3 Å². The second-order valence-electron chi connectivity index (χ2n) is 6.86. The number of carboxylic acids is 1. The molecule has 2 rings (SSSR count). The van der Waals surface area contributed by atoms with Crippen LogP contribution in [0.1, 0.15) is 58.1 Å². The monoisotopic (exact) mass is 333 g/mol. The molecule has 3 unspecified atom stereocenters. The van der Waals surface area contributed by atoms with E-state index in [0.717, 1.165) is 24.2 Å². The van der Waals surface area contributed by atoms with Gasteiger partial charge in [0.25, 0.3) is 0 Å². The van der Waals surface area contributed by atoms with Crippen molar-refractivity contribution < 1.29 is 19.4 Å². The van der Waals surface area contributed by atoms with Gasteiger partial charge in [0.15, 0.2) is 0 Å². The van der Waals surface area contributed by atoms with Gasteiger partial charge >= 0.3 is 5.97 Å². The summed E-state index contributed by atoms with van der Waals surface area (Å²) in [6, 6.07) is 7.58. The van der Waals surface area contributed by atoms with Crippen molar-refractivity contribution in [1.29, 1.82) is 0 Å². The number of ether oxygens (including phenoxy) is 1. The van der Waals surface area contributed by atoms with Crippen molar-refractivity contribution in [2.75, 3.05) is 0 Å². The lowest BCUT2D eigenvalue weighted by Gasteiger charge is -2.27. The van der Waals surface area contributed by atoms with Gasteiger partial charge in [0, 0.05) is 5.92 Å². The van der Waals surface area contributed by atoms with Crippen molar-refractivity contribution in [2.24, 2.45) is 11.8 Å². The summed E-state index contributed by atoms with van der Waals surface area (Å²) in [5.74, 6) is -0.621. The molecule has 0 spiro atoms. The molecule has 0 saturated heterocycles. The van der Waals surface area contributed by atoms with Gasteiger partial charge in [-0.2, -0.15) is 0 Å². The third-order valence-corrected chi connectivity index (χ3v) is 4.50. The zero-order valence-corrected chi connectivity index (χ0v) is 14.6. The van der Waals surface area contributed by atoms with E-state index < -0.39 is 11.9 Å². The zero-order chi connectivity index (χ0) is 17.7. The predicted molar refractivity (Wildman–Crippen MR) is 91.8 cm³/mol. The zero-order valence-electron chi connectivity index (χ0n) is 14.6. The maximum absolute atomic E-state index is 12.4. The third kappa shape index (κ3) is 4.98. The Kier molecular flexibility index (Phi) is 6.23. The lowest BCUT2D eigenvalue weighted by molar-refractivity contribution is -0.144. The second-order valence-corrected chi connectivity index (χ2v) is 6.86. The van der Waals surface area contributed by atoms with Crippen molar-refractivity contribution in [3.8, 4) is 5.75 Å². The number of nitrogens with one attached hydrogen (secondary N) is 1. The van der Waals surface area contributed by atoms with Crippen molar-refractivity contribution in [3.63, 3.8) is 0 Å². The van der Waals surface area contributed by atoms with Gasteiger partial charge in [0.05, 0.1) is 18.1 Å². The van der Waals surface area contributed by atoms with E-state index in [0.29, 0.717) is 12.8 Å². The van der Waals surface area contributed by atoms with Crippen LogP contribution in [-0.4, -0.2) is 23.1 Å². The highest BCUT2D eigenvalue weighted by Crippen LogP contribution is 2.30. The maximum atomic E-state index is 12.4. The van der Waals surface area contributed by atoms with Crippen molar-refractivity contribution in [1.82, 2.24) is 5.32 Å². The Morgan fingerprint density at radius 1 is 1.12 bits per heavy atom. The highest BCUT2D eigenvalue weighted by atomic mass is 16.5.